The lowest BCUT2D eigenvalue weighted by atomic mass is 10.1. The molecule has 2 N–H and O–H groups in total. The number of amides is 2. The van der Waals surface area contributed by atoms with Gasteiger partial charge in [-0.3, -0.25) is 4.90 Å². The molecule has 2 fully saturated rings. The van der Waals surface area contributed by atoms with Crippen LogP contribution in [0.25, 0.3) is 0 Å². The Morgan fingerprint density at radius 1 is 1.15 bits per heavy atom. The molecule has 0 atom stereocenters. The largest absolute Gasteiger partial charge is 0.326 e. The van der Waals surface area contributed by atoms with Gasteiger partial charge in [0.25, 0.3) is 0 Å². The van der Waals surface area contributed by atoms with Crippen LogP contribution < -0.4 is 10.6 Å². The molecular weight excluding hydrogens is 250 g/mol. The minimum Gasteiger partial charge on any atom is -0.326 e. The van der Waals surface area contributed by atoms with E-state index >= 15 is 0 Å². The maximum Gasteiger partial charge on any atom is 0.324 e. The summed E-state index contributed by atoms with van der Waals surface area (Å²) in [5, 5.41) is 0. The molecule has 1 aromatic rings. The Balaban J connectivity index is 1.78. The van der Waals surface area contributed by atoms with E-state index in [4.69, 9.17) is 5.73 Å². The number of carbonyl (C=O) groups is 1. The molecule has 0 spiro atoms. The van der Waals surface area contributed by atoms with E-state index in [1.54, 1.807) is 0 Å². The van der Waals surface area contributed by atoms with Crippen molar-refractivity contribution >= 4 is 11.7 Å². The average Bonchev–Trinajstić information content (AvgIpc) is 3.34. The molecule has 4 heteroatoms. The monoisotopic (exact) mass is 273 g/mol. The van der Waals surface area contributed by atoms with Crippen LogP contribution in [0.2, 0.25) is 0 Å². The molecule has 4 nitrogen and oxygen atoms in total. The number of anilines is 1. The first-order valence-electron chi connectivity index (χ1n) is 7.67. The Morgan fingerprint density at radius 2 is 1.80 bits per heavy atom. The summed E-state index contributed by atoms with van der Waals surface area (Å²) >= 11 is 0. The lowest BCUT2D eigenvalue weighted by Gasteiger charge is -2.33. The predicted octanol–water partition coefficient (Wildman–Crippen LogP) is 2.72. The van der Waals surface area contributed by atoms with Crippen LogP contribution >= 0.6 is 0 Å². The zero-order valence-corrected chi connectivity index (χ0v) is 11.9. The molecule has 0 aromatic heterocycles. The molecule has 1 saturated carbocycles. The second-order valence-electron chi connectivity index (χ2n) is 5.80. The van der Waals surface area contributed by atoms with Gasteiger partial charge in [-0.15, -0.1) is 0 Å². The van der Waals surface area contributed by atoms with Crippen molar-refractivity contribution in [2.24, 2.45) is 5.73 Å². The van der Waals surface area contributed by atoms with Crippen LogP contribution in [0, 0.1) is 0 Å². The number of rotatable bonds is 3. The molecule has 0 radical (unpaired) electrons. The topological polar surface area (TPSA) is 49.6 Å². The van der Waals surface area contributed by atoms with E-state index in [1.165, 1.54) is 6.42 Å². The first-order valence-corrected chi connectivity index (χ1v) is 7.67. The summed E-state index contributed by atoms with van der Waals surface area (Å²) in [6, 6.07) is 8.69. The summed E-state index contributed by atoms with van der Waals surface area (Å²) in [5.41, 5.74) is 7.76. The lowest BCUT2D eigenvalue weighted by molar-refractivity contribution is 0.192. The fourth-order valence-electron chi connectivity index (χ4n) is 2.84. The highest BCUT2D eigenvalue weighted by Gasteiger charge is 2.36. The number of urea groups is 1. The summed E-state index contributed by atoms with van der Waals surface area (Å²) in [5.74, 6) is 0. The second kappa shape index (κ2) is 5.83. The molecule has 1 saturated heterocycles. The van der Waals surface area contributed by atoms with Gasteiger partial charge in [0.1, 0.15) is 0 Å². The number of hydrogen-bond acceptors (Lipinski definition) is 2. The maximum absolute atomic E-state index is 12.8. The van der Waals surface area contributed by atoms with E-state index < -0.39 is 0 Å². The molecule has 20 heavy (non-hydrogen) atoms. The molecule has 0 bridgehead atoms. The van der Waals surface area contributed by atoms with Crippen molar-refractivity contribution in [1.29, 1.82) is 0 Å². The Kier molecular flexibility index (Phi) is 3.92. The van der Waals surface area contributed by atoms with Gasteiger partial charge in [-0.25, -0.2) is 4.79 Å². The summed E-state index contributed by atoms with van der Waals surface area (Å²) in [7, 11) is 0. The first kappa shape index (κ1) is 13.4. The first-order chi connectivity index (χ1) is 9.79. The molecule has 0 unspecified atom stereocenters. The van der Waals surface area contributed by atoms with Gasteiger partial charge in [0.15, 0.2) is 0 Å². The Bertz CT molecular complexity index is 461. The van der Waals surface area contributed by atoms with Gasteiger partial charge < -0.3 is 10.6 Å². The smallest absolute Gasteiger partial charge is 0.324 e. The number of nitrogens with two attached hydrogens (primary N) is 1. The van der Waals surface area contributed by atoms with Crippen LogP contribution in [0.4, 0.5) is 10.5 Å². The van der Waals surface area contributed by atoms with E-state index in [0.717, 1.165) is 50.0 Å². The van der Waals surface area contributed by atoms with Crippen LogP contribution in [0.3, 0.4) is 0 Å². The van der Waals surface area contributed by atoms with Crippen LogP contribution in [0.15, 0.2) is 24.3 Å². The van der Waals surface area contributed by atoms with E-state index in [2.05, 4.69) is 0 Å². The normalized spacial score (nSPS) is 18.9. The fourth-order valence-corrected chi connectivity index (χ4v) is 2.84. The number of benzene rings is 1. The number of carbonyl (C=O) groups excluding carboxylic acids is 1. The predicted molar refractivity (Wildman–Crippen MR) is 80.7 cm³/mol. The van der Waals surface area contributed by atoms with Crippen molar-refractivity contribution in [1.82, 2.24) is 4.90 Å². The molecule has 1 heterocycles. The third kappa shape index (κ3) is 2.80. The molecule has 3 rings (SSSR count). The average molecular weight is 273 g/mol. The van der Waals surface area contributed by atoms with Gasteiger partial charge in [0.2, 0.25) is 0 Å². The number of likely N-dealkylation sites (tertiary alicyclic amines) is 1. The van der Waals surface area contributed by atoms with E-state index in [-0.39, 0.29) is 6.03 Å². The number of hydrogen-bond donors (Lipinski definition) is 1. The van der Waals surface area contributed by atoms with Crippen molar-refractivity contribution in [2.45, 2.75) is 44.7 Å². The zero-order valence-electron chi connectivity index (χ0n) is 11.9. The Labute approximate surface area is 120 Å². The van der Waals surface area contributed by atoms with Crippen LogP contribution in [-0.4, -0.2) is 30.1 Å². The highest BCUT2D eigenvalue weighted by Crippen LogP contribution is 2.33. The quantitative estimate of drug-likeness (QED) is 0.920. The van der Waals surface area contributed by atoms with Crippen LogP contribution in [-0.2, 0) is 6.54 Å². The SMILES string of the molecule is NCc1ccc(N(C(=O)N2CCCCC2)C2CC2)cc1. The van der Waals surface area contributed by atoms with Crippen molar-refractivity contribution in [3.63, 3.8) is 0 Å². The van der Waals surface area contributed by atoms with E-state index in [9.17, 15) is 4.79 Å². The second-order valence-corrected chi connectivity index (χ2v) is 5.80. The number of nitrogens with zero attached hydrogens (tertiary/aromatic N) is 2. The third-order valence-corrected chi connectivity index (χ3v) is 4.19. The highest BCUT2D eigenvalue weighted by molar-refractivity contribution is 5.93. The van der Waals surface area contributed by atoms with Crippen molar-refractivity contribution in [3.8, 4) is 0 Å². The lowest BCUT2D eigenvalue weighted by Crippen LogP contribution is -2.46. The molecule has 2 amide bonds. The van der Waals surface area contributed by atoms with Gasteiger partial charge in [0.05, 0.1) is 0 Å². The summed E-state index contributed by atoms with van der Waals surface area (Å²) in [4.78, 5) is 16.8. The minimum absolute atomic E-state index is 0.188. The van der Waals surface area contributed by atoms with E-state index in [1.807, 2.05) is 34.1 Å². The van der Waals surface area contributed by atoms with Crippen molar-refractivity contribution in [2.75, 3.05) is 18.0 Å². The van der Waals surface area contributed by atoms with Crippen molar-refractivity contribution < 1.29 is 4.79 Å². The minimum atomic E-state index is 0.188. The summed E-state index contributed by atoms with van der Waals surface area (Å²) in [6.07, 6.45) is 5.77. The van der Waals surface area contributed by atoms with Crippen LogP contribution in [0.1, 0.15) is 37.7 Å². The standard InChI is InChI=1S/C16H23N3O/c17-12-13-4-6-14(7-5-13)19(15-8-9-15)16(20)18-10-2-1-3-11-18/h4-7,15H,1-3,8-12,17H2. The third-order valence-electron chi connectivity index (χ3n) is 4.19. The maximum atomic E-state index is 12.8. The fraction of sp³-hybridized carbons (Fsp3) is 0.562. The molecule has 1 aliphatic heterocycles. The molecule has 108 valence electrons. The van der Waals surface area contributed by atoms with Gasteiger partial charge in [-0.2, -0.15) is 0 Å². The van der Waals surface area contributed by atoms with Crippen molar-refractivity contribution in [3.05, 3.63) is 29.8 Å². The highest BCUT2D eigenvalue weighted by atomic mass is 16.2. The van der Waals surface area contributed by atoms with E-state index in [0.29, 0.717) is 12.6 Å². The molecule has 1 aliphatic carbocycles. The summed E-state index contributed by atoms with van der Waals surface area (Å²) < 4.78 is 0. The number of piperidine rings is 1. The van der Waals surface area contributed by atoms with Gasteiger partial charge in [-0.05, 0) is 49.8 Å². The Hall–Kier alpha value is -1.55. The molecule has 2 aliphatic rings. The molecular formula is C16H23N3O. The van der Waals surface area contributed by atoms with Gasteiger partial charge in [0, 0.05) is 31.4 Å². The molecule has 1 aromatic carbocycles. The van der Waals surface area contributed by atoms with Gasteiger partial charge in [-0.1, -0.05) is 12.1 Å². The summed E-state index contributed by atoms with van der Waals surface area (Å²) in [6.45, 7) is 2.36. The van der Waals surface area contributed by atoms with Gasteiger partial charge >= 0.3 is 6.03 Å². The Morgan fingerprint density at radius 3 is 2.35 bits per heavy atom. The van der Waals surface area contributed by atoms with Crippen LogP contribution in [0.5, 0.6) is 0 Å². The zero-order chi connectivity index (χ0) is 13.9.